The maximum atomic E-state index is 12.6. The highest BCUT2D eigenvalue weighted by Crippen LogP contribution is 2.32. The van der Waals surface area contributed by atoms with Gasteiger partial charge in [0.1, 0.15) is 24.9 Å². The molecule has 2 aliphatic rings. The van der Waals surface area contributed by atoms with E-state index in [0.717, 1.165) is 5.56 Å². The maximum absolute atomic E-state index is 12.6. The van der Waals surface area contributed by atoms with Crippen molar-refractivity contribution in [3.63, 3.8) is 0 Å². The fourth-order valence-corrected chi connectivity index (χ4v) is 5.39. The Bertz CT molecular complexity index is 1380. The Labute approximate surface area is 277 Å². The van der Waals surface area contributed by atoms with E-state index in [1.807, 2.05) is 30.3 Å². The summed E-state index contributed by atoms with van der Waals surface area (Å²) in [6.07, 6.45) is -7.44. The van der Waals surface area contributed by atoms with E-state index in [2.05, 4.69) is 0 Å². The van der Waals surface area contributed by atoms with Gasteiger partial charge in [-0.25, -0.2) is 4.79 Å². The van der Waals surface area contributed by atoms with Crippen molar-refractivity contribution < 1.29 is 66.6 Å². The van der Waals surface area contributed by atoms with Crippen molar-refractivity contribution in [2.24, 2.45) is 0 Å². The highest BCUT2D eigenvalue weighted by Gasteiger charge is 2.51. The van der Waals surface area contributed by atoms with E-state index in [-0.39, 0.29) is 19.8 Å². The lowest BCUT2D eigenvalue weighted by Crippen LogP contribution is -2.41. The first-order valence-electron chi connectivity index (χ1n) is 15.5. The highest BCUT2D eigenvalue weighted by atomic mass is 16.8. The number of hydrogen-bond acceptors (Lipinski definition) is 14. The van der Waals surface area contributed by atoms with Crippen LogP contribution >= 0.6 is 0 Å². The second kappa shape index (κ2) is 17.7. The van der Waals surface area contributed by atoms with Crippen LogP contribution in [-0.4, -0.2) is 92.3 Å². The molecule has 14 heteroatoms. The first-order valence-corrected chi connectivity index (χ1v) is 15.5. The molecule has 48 heavy (non-hydrogen) atoms. The molecule has 0 N–H and O–H groups in total. The van der Waals surface area contributed by atoms with Crippen molar-refractivity contribution in [2.75, 3.05) is 13.2 Å². The fourth-order valence-electron chi connectivity index (χ4n) is 5.39. The average molecular weight is 673 g/mol. The number of benzene rings is 2. The van der Waals surface area contributed by atoms with Gasteiger partial charge >= 0.3 is 29.8 Å². The van der Waals surface area contributed by atoms with E-state index < -0.39 is 79.1 Å². The molecule has 0 spiro atoms. The molecule has 2 heterocycles. The summed E-state index contributed by atoms with van der Waals surface area (Å²) in [7, 11) is 0. The van der Waals surface area contributed by atoms with Crippen LogP contribution < -0.4 is 0 Å². The molecule has 8 unspecified atom stereocenters. The van der Waals surface area contributed by atoms with Gasteiger partial charge in [0.2, 0.25) is 12.6 Å². The van der Waals surface area contributed by atoms with Crippen LogP contribution in [-0.2, 0) is 68.4 Å². The number of carbonyl (C=O) groups is 5. The third-order valence-corrected chi connectivity index (χ3v) is 7.32. The second-order valence-corrected chi connectivity index (χ2v) is 11.2. The summed E-state index contributed by atoms with van der Waals surface area (Å²) in [5, 5.41) is 0. The van der Waals surface area contributed by atoms with Crippen molar-refractivity contribution in [1.82, 2.24) is 0 Å². The molecular weight excluding hydrogens is 632 g/mol. The Morgan fingerprint density at radius 1 is 0.604 bits per heavy atom. The van der Waals surface area contributed by atoms with E-state index >= 15 is 0 Å². The quantitative estimate of drug-likeness (QED) is 0.154. The third kappa shape index (κ3) is 10.6. The molecule has 0 aliphatic carbocycles. The Hall–Kier alpha value is -4.37. The zero-order valence-corrected chi connectivity index (χ0v) is 27.1. The normalized spacial score (nSPS) is 26.3. The van der Waals surface area contributed by atoms with Gasteiger partial charge in [-0.05, 0) is 30.5 Å². The molecule has 2 aromatic rings. The van der Waals surface area contributed by atoms with Crippen molar-refractivity contribution in [3.8, 4) is 0 Å². The van der Waals surface area contributed by atoms with Crippen molar-refractivity contribution in [3.05, 3.63) is 71.8 Å². The molecule has 2 aromatic carbocycles. The summed E-state index contributed by atoms with van der Waals surface area (Å²) < 4.78 is 51.1. The van der Waals surface area contributed by atoms with Crippen LogP contribution in [0.1, 0.15) is 56.5 Å². The lowest BCUT2D eigenvalue weighted by atomic mass is 10.1. The van der Waals surface area contributed by atoms with Gasteiger partial charge in [-0.15, -0.1) is 0 Å². The smallest absolute Gasteiger partial charge is 0.338 e. The number of ether oxygens (including phenoxy) is 9. The Balaban J connectivity index is 1.44. The molecule has 0 amide bonds. The third-order valence-electron chi connectivity index (χ3n) is 7.32. The monoisotopic (exact) mass is 672 g/mol. The average Bonchev–Trinajstić information content (AvgIpc) is 3.52. The van der Waals surface area contributed by atoms with E-state index in [0.29, 0.717) is 18.4 Å². The summed E-state index contributed by atoms with van der Waals surface area (Å²) in [6, 6.07) is 17.7. The summed E-state index contributed by atoms with van der Waals surface area (Å²) in [5.41, 5.74) is 1.19. The van der Waals surface area contributed by atoms with Gasteiger partial charge in [-0.1, -0.05) is 48.5 Å². The summed E-state index contributed by atoms with van der Waals surface area (Å²) in [6.45, 7) is 4.77. The number of hydrogen-bond donors (Lipinski definition) is 0. The SMILES string of the molecule is CC(=O)OC1OC(CCCOC2C(COC(=O)c3ccccc3)OC(OC(C)=O)C2OC(C)=O)C(OCc2ccccc2)C1OC(C)=O. The molecule has 2 fully saturated rings. The molecule has 8 atom stereocenters. The van der Waals surface area contributed by atoms with Crippen molar-refractivity contribution in [1.29, 1.82) is 0 Å². The predicted octanol–water partition coefficient (Wildman–Crippen LogP) is 3.03. The lowest BCUT2D eigenvalue weighted by Gasteiger charge is -2.25. The van der Waals surface area contributed by atoms with E-state index in [4.69, 9.17) is 42.6 Å². The molecule has 0 aromatic heterocycles. The predicted molar refractivity (Wildman–Crippen MR) is 163 cm³/mol. The molecule has 0 bridgehead atoms. The summed E-state index contributed by atoms with van der Waals surface area (Å²) >= 11 is 0. The molecule has 4 rings (SSSR count). The minimum Gasteiger partial charge on any atom is -0.459 e. The van der Waals surface area contributed by atoms with Crippen LogP contribution in [0.5, 0.6) is 0 Å². The van der Waals surface area contributed by atoms with Crippen LogP contribution in [0.3, 0.4) is 0 Å². The Morgan fingerprint density at radius 3 is 1.65 bits per heavy atom. The summed E-state index contributed by atoms with van der Waals surface area (Å²) in [5.74, 6) is -3.17. The lowest BCUT2D eigenvalue weighted by molar-refractivity contribution is -0.196. The van der Waals surface area contributed by atoms with Crippen LogP contribution in [0.4, 0.5) is 0 Å². The van der Waals surface area contributed by atoms with Crippen LogP contribution in [0.15, 0.2) is 60.7 Å². The standard InChI is InChI=1S/C34H40O14/c1-20(35)43-30-28(41-18-24-12-7-5-8-13-24)26(47-33(30)45-22(3)37)16-11-17-40-29-27(19-42-32(39)25-14-9-6-10-15-25)48-34(46-23(4)38)31(29)44-21(2)36/h5-10,12-15,26-31,33-34H,11,16-19H2,1-4H3. The van der Waals surface area contributed by atoms with E-state index in [1.54, 1.807) is 30.3 Å². The summed E-state index contributed by atoms with van der Waals surface area (Å²) in [4.78, 5) is 60.2. The molecule has 260 valence electrons. The van der Waals surface area contributed by atoms with Crippen molar-refractivity contribution in [2.45, 2.75) is 96.3 Å². The Morgan fingerprint density at radius 2 is 1.10 bits per heavy atom. The molecular formula is C34H40O14. The fraction of sp³-hybridized carbons (Fsp3) is 0.500. The minimum absolute atomic E-state index is 0.0590. The number of carbonyl (C=O) groups excluding carboxylic acids is 5. The Kier molecular flexibility index (Phi) is 13.4. The zero-order valence-electron chi connectivity index (χ0n) is 27.1. The van der Waals surface area contributed by atoms with Gasteiger partial charge in [0, 0.05) is 34.3 Å². The second-order valence-electron chi connectivity index (χ2n) is 11.2. The zero-order chi connectivity index (χ0) is 34.6. The molecule has 0 radical (unpaired) electrons. The van der Waals surface area contributed by atoms with E-state index in [1.165, 1.54) is 27.7 Å². The molecule has 0 saturated carbocycles. The van der Waals surface area contributed by atoms with Crippen LogP contribution in [0.2, 0.25) is 0 Å². The van der Waals surface area contributed by atoms with Gasteiger partial charge in [0.15, 0.2) is 12.2 Å². The van der Waals surface area contributed by atoms with Crippen LogP contribution in [0.25, 0.3) is 0 Å². The minimum atomic E-state index is -1.31. The van der Waals surface area contributed by atoms with Gasteiger partial charge in [-0.3, -0.25) is 19.2 Å². The van der Waals surface area contributed by atoms with Gasteiger partial charge < -0.3 is 42.6 Å². The van der Waals surface area contributed by atoms with Gasteiger partial charge in [-0.2, -0.15) is 0 Å². The largest absolute Gasteiger partial charge is 0.459 e. The molecule has 14 nitrogen and oxygen atoms in total. The molecule has 2 aliphatic heterocycles. The van der Waals surface area contributed by atoms with Gasteiger partial charge in [0.25, 0.3) is 0 Å². The number of esters is 5. The van der Waals surface area contributed by atoms with Crippen LogP contribution in [0, 0.1) is 0 Å². The maximum Gasteiger partial charge on any atom is 0.338 e. The number of rotatable bonds is 15. The van der Waals surface area contributed by atoms with E-state index in [9.17, 15) is 24.0 Å². The molecule has 2 saturated heterocycles. The topological polar surface area (TPSA) is 168 Å². The van der Waals surface area contributed by atoms with Gasteiger partial charge in [0.05, 0.1) is 18.3 Å². The van der Waals surface area contributed by atoms with Crippen molar-refractivity contribution >= 4 is 29.8 Å². The highest BCUT2D eigenvalue weighted by molar-refractivity contribution is 5.89. The first kappa shape index (κ1) is 36.5. The first-order chi connectivity index (χ1) is 23.0.